The molecule has 0 aromatic heterocycles. The van der Waals surface area contributed by atoms with Crippen LogP contribution in [-0.4, -0.2) is 37.2 Å². The molecular formula is C17H32N2O2. The van der Waals surface area contributed by atoms with Crippen molar-refractivity contribution in [2.75, 3.05) is 20.3 Å². The smallest absolute Gasteiger partial charge is 0.220 e. The highest BCUT2D eigenvalue weighted by atomic mass is 16.5. The van der Waals surface area contributed by atoms with Crippen molar-refractivity contribution >= 4 is 5.91 Å². The number of carbonyl (C=O) groups is 1. The summed E-state index contributed by atoms with van der Waals surface area (Å²) in [5.41, 5.74) is 0.456. The van der Waals surface area contributed by atoms with Gasteiger partial charge < -0.3 is 15.4 Å². The van der Waals surface area contributed by atoms with E-state index in [-0.39, 0.29) is 22.4 Å². The molecule has 2 N–H and O–H groups in total. The van der Waals surface area contributed by atoms with Crippen molar-refractivity contribution in [2.24, 2.45) is 11.3 Å². The summed E-state index contributed by atoms with van der Waals surface area (Å²) in [6.07, 6.45) is 5.13. The molecule has 4 nitrogen and oxygen atoms in total. The van der Waals surface area contributed by atoms with Gasteiger partial charge in [0.1, 0.15) is 0 Å². The molecule has 0 unspecified atom stereocenters. The zero-order valence-electron chi connectivity index (χ0n) is 14.3. The lowest BCUT2D eigenvalue weighted by molar-refractivity contribution is -0.123. The van der Waals surface area contributed by atoms with Gasteiger partial charge in [0.15, 0.2) is 0 Å². The number of amides is 1. The van der Waals surface area contributed by atoms with Crippen LogP contribution in [0.4, 0.5) is 0 Å². The van der Waals surface area contributed by atoms with Crippen molar-refractivity contribution in [3.05, 3.63) is 0 Å². The average molecular weight is 296 g/mol. The molecule has 2 rings (SSSR count). The van der Waals surface area contributed by atoms with Crippen LogP contribution < -0.4 is 10.6 Å². The third-order valence-electron chi connectivity index (χ3n) is 4.82. The number of hydrogen-bond acceptors (Lipinski definition) is 3. The molecule has 21 heavy (non-hydrogen) atoms. The number of ether oxygens (including phenoxy) is 1. The maximum atomic E-state index is 12.2. The molecule has 0 aromatic carbocycles. The fourth-order valence-corrected chi connectivity index (χ4v) is 4.15. The second-order valence-electron chi connectivity index (χ2n) is 8.58. The molecule has 0 atom stereocenters. The number of methoxy groups -OCH3 is 1. The van der Waals surface area contributed by atoms with Gasteiger partial charge in [0.05, 0.1) is 6.61 Å². The Balaban J connectivity index is 1.79. The Morgan fingerprint density at radius 1 is 1.19 bits per heavy atom. The molecule has 1 aliphatic heterocycles. The van der Waals surface area contributed by atoms with Gasteiger partial charge in [0, 0.05) is 36.6 Å². The lowest BCUT2D eigenvalue weighted by Gasteiger charge is -2.46. The van der Waals surface area contributed by atoms with E-state index in [1.807, 2.05) is 0 Å². The first kappa shape index (κ1) is 16.8. The minimum atomic E-state index is 0.112. The molecule has 0 aromatic rings. The third kappa shape index (κ3) is 4.96. The van der Waals surface area contributed by atoms with Crippen LogP contribution in [0.1, 0.15) is 59.8 Å². The van der Waals surface area contributed by atoms with Gasteiger partial charge in [-0.2, -0.15) is 0 Å². The highest BCUT2D eigenvalue weighted by Crippen LogP contribution is 2.45. The summed E-state index contributed by atoms with van der Waals surface area (Å²) in [4.78, 5) is 12.2. The van der Waals surface area contributed by atoms with Gasteiger partial charge in [-0.1, -0.05) is 0 Å². The van der Waals surface area contributed by atoms with Crippen LogP contribution in [0.25, 0.3) is 0 Å². The van der Waals surface area contributed by atoms with Gasteiger partial charge in [0.25, 0.3) is 0 Å². The largest absolute Gasteiger partial charge is 0.384 e. The van der Waals surface area contributed by atoms with E-state index < -0.39 is 0 Å². The van der Waals surface area contributed by atoms with Crippen LogP contribution in [0.15, 0.2) is 0 Å². The van der Waals surface area contributed by atoms with E-state index in [0.29, 0.717) is 12.3 Å². The maximum Gasteiger partial charge on any atom is 0.220 e. The van der Waals surface area contributed by atoms with Crippen LogP contribution in [0.3, 0.4) is 0 Å². The summed E-state index contributed by atoms with van der Waals surface area (Å²) in [6, 6.07) is 0. The minimum Gasteiger partial charge on any atom is -0.384 e. The molecule has 1 heterocycles. The van der Waals surface area contributed by atoms with Gasteiger partial charge >= 0.3 is 0 Å². The van der Waals surface area contributed by atoms with E-state index in [1.165, 1.54) is 12.8 Å². The van der Waals surface area contributed by atoms with Crippen LogP contribution in [0.2, 0.25) is 0 Å². The van der Waals surface area contributed by atoms with Crippen molar-refractivity contribution in [3.8, 4) is 0 Å². The van der Waals surface area contributed by atoms with Crippen molar-refractivity contribution in [2.45, 2.75) is 70.9 Å². The summed E-state index contributed by atoms with van der Waals surface area (Å²) in [7, 11) is 1.74. The first-order valence-corrected chi connectivity index (χ1v) is 8.20. The van der Waals surface area contributed by atoms with Crippen molar-refractivity contribution in [1.29, 1.82) is 0 Å². The van der Waals surface area contributed by atoms with Crippen LogP contribution in [0.5, 0.6) is 0 Å². The van der Waals surface area contributed by atoms with Gasteiger partial charge in [-0.3, -0.25) is 4.79 Å². The molecule has 2 fully saturated rings. The molecule has 0 spiro atoms. The first-order valence-electron chi connectivity index (χ1n) is 8.20. The summed E-state index contributed by atoms with van der Waals surface area (Å²) in [5.74, 6) is 0.671. The second kappa shape index (κ2) is 5.88. The summed E-state index contributed by atoms with van der Waals surface area (Å²) in [5, 5.41) is 6.80. The topological polar surface area (TPSA) is 50.4 Å². The zero-order valence-corrected chi connectivity index (χ0v) is 14.3. The second-order valence-corrected chi connectivity index (χ2v) is 8.58. The minimum absolute atomic E-state index is 0.112. The fraction of sp³-hybridized carbons (Fsp3) is 0.941. The van der Waals surface area contributed by atoms with Crippen LogP contribution >= 0.6 is 0 Å². The van der Waals surface area contributed by atoms with Crippen molar-refractivity contribution < 1.29 is 9.53 Å². The molecule has 0 radical (unpaired) electrons. The lowest BCUT2D eigenvalue weighted by atomic mass is 9.74. The predicted molar refractivity (Wildman–Crippen MR) is 85.2 cm³/mol. The number of carbonyl (C=O) groups excluding carboxylic acids is 1. The van der Waals surface area contributed by atoms with E-state index in [4.69, 9.17) is 4.74 Å². The van der Waals surface area contributed by atoms with E-state index in [0.717, 1.165) is 26.0 Å². The zero-order chi connectivity index (χ0) is 15.7. The van der Waals surface area contributed by atoms with Gasteiger partial charge in [-0.15, -0.1) is 0 Å². The van der Waals surface area contributed by atoms with Gasteiger partial charge in [-0.05, 0) is 59.3 Å². The van der Waals surface area contributed by atoms with Crippen LogP contribution in [0, 0.1) is 11.3 Å². The van der Waals surface area contributed by atoms with E-state index in [2.05, 4.69) is 38.3 Å². The van der Waals surface area contributed by atoms with Gasteiger partial charge in [-0.25, -0.2) is 0 Å². The first-order chi connectivity index (χ1) is 9.65. The normalized spacial score (nSPS) is 26.3. The third-order valence-corrected chi connectivity index (χ3v) is 4.82. The Morgan fingerprint density at radius 2 is 1.76 bits per heavy atom. The highest BCUT2D eigenvalue weighted by molar-refractivity contribution is 5.76. The number of hydrogen-bond donors (Lipinski definition) is 2. The molecule has 1 saturated heterocycles. The predicted octanol–water partition coefficient (Wildman–Crippen LogP) is 2.48. The Morgan fingerprint density at radius 3 is 2.24 bits per heavy atom. The Labute approximate surface area is 129 Å². The SMILES string of the molecule is COCC1(CNC(=O)CC2CC(C)(C)NC(C)(C)C2)CC1. The fourth-order valence-electron chi connectivity index (χ4n) is 4.15. The number of rotatable bonds is 6. The van der Waals surface area contributed by atoms with Crippen molar-refractivity contribution in [3.63, 3.8) is 0 Å². The lowest BCUT2D eigenvalue weighted by Crippen LogP contribution is -2.58. The summed E-state index contributed by atoms with van der Waals surface area (Å²) < 4.78 is 5.25. The molecule has 1 amide bonds. The Kier molecular flexibility index (Phi) is 4.69. The molecule has 0 bridgehead atoms. The standard InChI is InChI=1S/C17H32N2O2/c1-15(2)9-13(10-16(3,4)19-15)8-14(20)18-11-17(6-7-17)12-21-5/h13,19H,6-12H2,1-5H3,(H,18,20). The van der Waals surface area contributed by atoms with Crippen LogP contribution in [-0.2, 0) is 9.53 Å². The van der Waals surface area contributed by atoms with E-state index >= 15 is 0 Å². The Hall–Kier alpha value is -0.610. The van der Waals surface area contributed by atoms with Crippen molar-refractivity contribution in [1.82, 2.24) is 10.6 Å². The quantitative estimate of drug-likeness (QED) is 0.791. The number of nitrogens with one attached hydrogen (secondary N) is 2. The Bertz CT molecular complexity index is 370. The monoisotopic (exact) mass is 296 g/mol. The molecule has 1 saturated carbocycles. The van der Waals surface area contributed by atoms with Gasteiger partial charge in [0.2, 0.25) is 5.91 Å². The van der Waals surface area contributed by atoms with E-state index in [1.54, 1.807) is 7.11 Å². The maximum absolute atomic E-state index is 12.2. The summed E-state index contributed by atoms with van der Waals surface area (Å²) in [6.45, 7) is 10.5. The molecule has 2 aliphatic rings. The molecule has 4 heteroatoms. The van der Waals surface area contributed by atoms with E-state index in [9.17, 15) is 4.79 Å². The summed E-state index contributed by atoms with van der Waals surface area (Å²) >= 11 is 0. The molecule has 1 aliphatic carbocycles. The highest BCUT2D eigenvalue weighted by Gasteiger charge is 2.43. The molecular weight excluding hydrogens is 264 g/mol. The average Bonchev–Trinajstić information content (AvgIpc) is 3.03. The molecule has 122 valence electrons. The number of piperidine rings is 1.